The monoisotopic (exact) mass is 381 g/mol. The third kappa shape index (κ3) is 4.16. The van der Waals surface area contributed by atoms with Gasteiger partial charge in [0.25, 0.3) is 0 Å². The van der Waals surface area contributed by atoms with Crippen molar-refractivity contribution in [2.45, 2.75) is 38.1 Å². The quantitative estimate of drug-likeness (QED) is 0.796. The highest BCUT2D eigenvalue weighted by Gasteiger charge is 2.30. The Morgan fingerprint density at radius 3 is 2.48 bits per heavy atom. The molecule has 1 atom stereocenters. The zero-order valence-corrected chi connectivity index (χ0v) is 16.0. The van der Waals surface area contributed by atoms with E-state index in [2.05, 4.69) is 34.6 Å². The molecule has 0 bridgehead atoms. The Balaban J connectivity index is 1.50. The Labute approximate surface area is 165 Å². The van der Waals surface area contributed by atoms with Crippen LogP contribution in [0.25, 0.3) is 0 Å². The molecular weight excluding hydrogens is 358 g/mol. The maximum absolute atomic E-state index is 12.3. The van der Waals surface area contributed by atoms with Crippen molar-refractivity contribution in [2.75, 3.05) is 11.6 Å². The first-order valence-corrected chi connectivity index (χ1v) is 10.0. The number of anilines is 1. The van der Waals surface area contributed by atoms with Crippen molar-refractivity contribution in [3.8, 4) is 0 Å². The van der Waals surface area contributed by atoms with Crippen LogP contribution < -0.4 is 10.3 Å². The summed E-state index contributed by atoms with van der Waals surface area (Å²) in [6.07, 6.45) is 5.16. The van der Waals surface area contributed by atoms with E-state index in [1.165, 1.54) is 18.4 Å². The summed E-state index contributed by atoms with van der Waals surface area (Å²) in [4.78, 5) is 12.3. The predicted octanol–water partition coefficient (Wildman–Crippen LogP) is 4.95. The maximum atomic E-state index is 12.3. The average molecular weight is 382 g/mol. The number of halogens is 1. The van der Waals surface area contributed by atoms with Gasteiger partial charge in [-0.3, -0.25) is 9.80 Å². The average Bonchev–Trinajstić information content (AvgIpc) is 3.38. The number of carbonyl (C=O) groups is 1. The molecule has 1 amide bonds. The third-order valence-electron chi connectivity index (χ3n) is 5.44. The van der Waals surface area contributed by atoms with Gasteiger partial charge in [0.1, 0.15) is 0 Å². The summed E-state index contributed by atoms with van der Waals surface area (Å²) in [5, 5.41) is 10.7. The molecule has 0 saturated heterocycles. The third-order valence-corrected chi connectivity index (χ3v) is 5.69. The molecule has 0 aromatic heterocycles. The summed E-state index contributed by atoms with van der Waals surface area (Å²) in [6.45, 7) is 0.517. The van der Waals surface area contributed by atoms with Crippen molar-refractivity contribution in [1.29, 1.82) is 0 Å². The van der Waals surface area contributed by atoms with Crippen molar-refractivity contribution in [2.24, 2.45) is 11.0 Å². The molecule has 1 N–H and O–H groups in total. The Kier molecular flexibility index (Phi) is 5.44. The molecule has 140 valence electrons. The van der Waals surface area contributed by atoms with Gasteiger partial charge in [0.05, 0.1) is 24.0 Å². The molecule has 2 aromatic carbocycles. The van der Waals surface area contributed by atoms with Gasteiger partial charge in [-0.15, -0.1) is 0 Å². The fourth-order valence-electron chi connectivity index (χ4n) is 3.96. The number of nitrogens with zero attached hydrogens (tertiary/aromatic N) is 2. The second-order valence-electron chi connectivity index (χ2n) is 7.32. The first-order valence-electron chi connectivity index (χ1n) is 9.64. The summed E-state index contributed by atoms with van der Waals surface area (Å²) < 4.78 is 0. The Morgan fingerprint density at radius 2 is 1.78 bits per heavy atom. The molecule has 1 aliphatic carbocycles. The number of nitrogens with one attached hydrogen (secondary N) is 1. The number of para-hydroxylation sites is 1. The van der Waals surface area contributed by atoms with Gasteiger partial charge in [-0.25, -0.2) is 0 Å². The second-order valence-corrected chi connectivity index (χ2v) is 7.75. The van der Waals surface area contributed by atoms with Gasteiger partial charge in [-0.2, -0.15) is 5.10 Å². The minimum atomic E-state index is 0.114. The van der Waals surface area contributed by atoms with Crippen molar-refractivity contribution in [3.63, 3.8) is 0 Å². The van der Waals surface area contributed by atoms with Gasteiger partial charge in [0, 0.05) is 17.4 Å². The summed E-state index contributed by atoms with van der Waals surface area (Å²) in [5.74, 6) is 0.362. The smallest absolute Gasteiger partial charge is 0.223 e. The SMILES string of the molecule is O=C(NCC1=NN(c2ccccc2)C(c2ccc(Cl)cc2)C1)C1CCCC1. The van der Waals surface area contributed by atoms with Crippen LogP contribution in [0.1, 0.15) is 43.7 Å². The lowest BCUT2D eigenvalue weighted by Gasteiger charge is -2.24. The summed E-state index contributed by atoms with van der Waals surface area (Å²) in [7, 11) is 0. The molecule has 4 rings (SSSR count). The first kappa shape index (κ1) is 18.1. The van der Waals surface area contributed by atoms with E-state index in [0.717, 1.165) is 35.7 Å². The number of amides is 1. The van der Waals surface area contributed by atoms with E-state index >= 15 is 0 Å². The Hall–Kier alpha value is -2.33. The van der Waals surface area contributed by atoms with Gasteiger partial charge in [0.2, 0.25) is 5.91 Å². The van der Waals surface area contributed by atoms with Gasteiger partial charge < -0.3 is 5.32 Å². The molecule has 0 spiro atoms. The largest absolute Gasteiger partial charge is 0.350 e. The zero-order chi connectivity index (χ0) is 18.6. The van der Waals surface area contributed by atoms with Gasteiger partial charge >= 0.3 is 0 Å². The molecule has 27 heavy (non-hydrogen) atoms. The van der Waals surface area contributed by atoms with Crippen molar-refractivity contribution in [1.82, 2.24) is 5.32 Å². The highest BCUT2D eigenvalue weighted by Crippen LogP contribution is 2.35. The van der Waals surface area contributed by atoms with Gasteiger partial charge in [0.15, 0.2) is 0 Å². The van der Waals surface area contributed by atoms with Crippen LogP contribution in [-0.4, -0.2) is 18.2 Å². The van der Waals surface area contributed by atoms with Crippen molar-refractivity contribution in [3.05, 3.63) is 65.2 Å². The van der Waals surface area contributed by atoms with E-state index in [1.807, 2.05) is 30.3 Å². The lowest BCUT2D eigenvalue weighted by atomic mass is 10.0. The van der Waals surface area contributed by atoms with E-state index in [0.29, 0.717) is 6.54 Å². The molecule has 2 aliphatic rings. The first-order chi connectivity index (χ1) is 13.2. The molecule has 0 radical (unpaired) electrons. The summed E-state index contributed by atoms with van der Waals surface area (Å²) >= 11 is 6.06. The fraction of sp³-hybridized carbons (Fsp3) is 0.364. The van der Waals surface area contributed by atoms with Crippen LogP contribution in [0.5, 0.6) is 0 Å². The number of hydrazone groups is 1. The molecule has 1 saturated carbocycles. The normalized spacial score (nSPS) is 20.0. The molecule has 1 fully saturated rings. The minimum Gasteiger partial charge on any atom is -0.350 e. The van der Waals surface area contributed by atoms with Crippen LogP contribution in [-0.2, 0) is 4.79 Å². The molecule has 4 nitrogen and oxygen atoms in total. The van der Waals surface area contributed by atoms with Gasteiger partial charge in [-0.1, -0.05) is 54.8 Å². The number of carbonyl (C=O) groups excluding carboxylic acids is 1. The standard InChI is InChI=1S/C22H24ClN3O/c23-18-12-10-16(11-13-18)21-14-19(15-24-22(27)17-6-4-5-7-17)25-26(21)20-8-2-1-3-9-20/h1-3,8-13,17,21H,4-7,14-15H2,(H,24,27). The molecule has 1 aliphatic heterocycles. The fourth-order valence-corrected chi connectivity index (χ4v) is 4.09. The Morgan fingerprint density at radius 1 is 1.07 bits per heavy atom. The summed E-state index contributed by atoms with van der Waals surface area (Å²) in [6, 6.07) is 18.2. The van der Waals surface area contributed by atoms with Crippen molar-refractivity contribution >= 4 is 28.9 Å². The Bertz CT molecular complexity index is 813. The lowest BCUT2D eigenvalue weighted by molar-refractivity contribution is -0.124. The molecule has 1 unspecified atom stereocenters. The lowest BCUT2D eigenvalue weighted by Crippen LogP contribution is -2.33. The van der Waals surface area contributed by atoms with E-state index in [4.69, 9.17) is 16.7 Å². The number of hydrogen-bond donors (Lipinski definition) is 1. The van der Waals surface area contributed by atoms with Gasteiger partial charge in [-0.05, 0) is 42.7 Å². The zero-order valence-electron chi connectivity index (χ0n) is 15.3. The number of benzene rings is 2. The minimum absolute atomic E-state index is 0.114. The predicted molar refractivity (Wildman–Crippen MR) is 110 cm³/mol. The topological polar surface area (TPSA) is 44.7 Å². The van der Waals surface area contributed by atoms with E-state index in [9.17, 15) is 4.79 Å². The number of rotatable bonds is 5. The highest BCUT2D eigenvalue weighted by atomic mass is 35.5. The van der Waals surface area contributed by atoms with Crippen LogP contribution in [0.3, 0.4) is 0 Å². The maximum Gasteiger partial charge on any atom is 0.223 e. The molecule has 2 aromatic rings. The number of hydrogen-bond acceptors (Lipinski definition) is 3. The van der Waals surface area contributed by atoms with E-state index in [1.54, 1.807) is 0 Å². The van der Waals surface area contributed by atoms with Crippen molar-refractivity contribution < 1.29 is 4.79 Å². The van der Waals surface area contributed by atoms with Crippen LogP contribution in [0, 0.1) is 5.92 Å². The van der Waals surface area contributed by atoms with Crippen LogP contribution >= 0.6 is 11.6 Å². The van der Waals surface area contributed by atoms with Crippen LogP contribution in [0.15, 0.2) is 59.7 Å². The van der Waals surface area contributed by atoms with E-state index < -0.39 is 0 Å². The molecule has 1 heterocycles. The summed E-state index contributed by atoms with van der Waals surface area (Å²) in [5.41, 5.74) is 3.23. The second kappa shape index (κ2) is 8.13. The van der Waals surface area contributed by atoms with Crippen LogP contribution in [0.4, 0.5) is 5.69 Å². The van der Waals surface area contributed by atoms with E-state index in [-0.39, 0.29) is 17.9 Å². The highest BCUT2D eigenvalue weighted by molar-refractivity contribution is 6.30. The molecular formula is C22H24ClN3O. The van der Waals surface area contributed by atoms with Crippen LogP contribution in [0.2, 0.25) is 5.02 Å². The molecule has 5 heteroatoms.